The second-order valence-electron chi connectivity index (χ2n) is 6.23. The van der Waals surface area contributed by atoms with Crippen LogP contribution in [0.2, 0.25) is 0 Å². The van der Waals surface area contributed by atoms with Crippen LogP contribution in [0.1, 0.15) is 32.3 Å². The van der Waals surface area contributed by atoms with Crippen LogP contribution in [0.5, 0.6) is 0 Å². The van der Waals surface area contributed by atoms with Crippen molar-refractivity contribution in [3.05, 3.63) is 35.9 Å². The molecule has 2 fully saturated rings. The van der Waals surface area contributed by atoms with Crippen LogP contribution in [0.3, 0.4) is 0 Å². The zero-order valence-electron chi connectivity index (χ0n) is 12.1. The van der Waals surface area contributed by atoms with Gasteiger partial charge in [-0.05, 0) is 38.2 Å². The van der Waals surface area contributed by atoms with Crippen molar-refractivity contribution >= 4 is 11.8 Å². The van der Waals surface area contributed by atoms with Crippen LogP contribution >= 0.6 is 0 Å². The number of hydrogen-bond donors (Lipinski definition) is 1. The molecular weight excluding hydrogens is 252 g/mol. The van der Waals surface area contributed by atoms with E-state index in [0.29, 0.717) is 0 Å². The first-order chi connectivity index (χ1) is 9.40. The molecule has 2 amide bonds. The molecule has 1 saturated carbocycles. The van der Waals surface area contributed by atoms with Gasteiger partial charge < -0.3 is 10.2 Å². The Morgan fingerprint density at radius 3 is 2.30 bits per heavy atom. The molecule has 1 N–H and O–H groups in total. The van der Waals surface area contributed by atoms with Gasteiger partial charge in [0.2, 0.25) is 5.91 Å². The van der Waals surface area contributed by atoms with E-state index in [9.17, 15) is 9.59 Å². The minimum atomic E-state index is -0.938. The molecule has 1 saturated heterocycles. The van der Waals surface area contributed by atoms with Crippen molar-refractivity contribution in [1.29, 1.82) is 0 Å². The van der Waals surface area contributed by atoms with Crippen molar-refractivity contribution < 1.29 is 9.59 Å². The Morgan fingerprint density at radius 2 is 1.75 bits per heavy atom. The third-order valence-electron chi connectivity index (χ3n) is 4.96. The third kappa shape index (κ3) is 1.60. The summed E-state index contributed by atoms with van der Waals surface area (Å²) in [6.45, 7) is 3.66. The topological polar surface area (TPSA) is 49.4 Å². The summed E-state index contributed by atoms with van der Waals surface area (Å²) in [6, 6.07) is 9.47. The number of piperazine rings is 1. The molecule has 2 aliphatic rings. The number of amides is 2. The summed E-state index contributed by atoms with van der Waals surface area (Å²) in [4.78, 5) is 27.1. The molecule has 3 rings (SSSR count). The molecule has 0 spiro atoms. The molecule has 20 heavy (non-hydrogen) atoms. The van der Waals surface area contributed by atoms with E-state index in [1.54, 1.807) is 11.9 Å². The van der Waals surface area contributed by atoms with E-state index in [0.717, 1.165) is 18.4 Å². The third-order valence-corrected chi connectivity index (χ3v) is 4.96. The SMILES string of the molecule is CN1C(=O)C(C)(C2CC2)NC(=O)C1(C)c1ccccc1. The van der Waals surface area contributed by atoms with E-state index in [-0.39, 0.29) is 17.7 Å². The number of carbonyl (C=O) groups excluding carboxylic acids is 2. The van der Waals surface area contributed by atoms with Gasteiger partial charge in [0.05, 0.1) is 0 Å². The largest absolute Gasteiger partial charge is 0.339 e. The van der Waals surface area contributed by atoms with Crippen LogP contribution in [0.25, 0.3) is 0 Å². The second-order valence-corrected chi connectivity index (χ2v) is 6.23. The van der Waals surface area contributed by atoms with Gasteiger partial charge in [-0.1, -0.05) is 30.3 Å². The van der Waals surface area contributed by atoms with Crippen molar-refractivity contribution in [1.82, 2.24) is 10.2 Å². The Morgan fingerprint density at radius 1 is 1.15 bits per heavy atom. The van der Waals surface area contributed by atoms with Gasteiger partial charge in [0.15, 0.2) is 0 Å². The summed E-state index contributed by atoms with van der Waals surface area (Å²) in [7, 11) is 1.73. The van der Waals surface area contributed by atoms with E-state index in [4.69, 9.17) is 0 Å². The molecule has 4 heteroatoms. The summed E-state index contributed by atoms with van der Waals surface area (Å²) in [6.07, 6.45) is 2.02. The number of benzene rings is 1. The standard InChI is InChI=1S/C16H20N2O2/c1-15(11-9-10-11)14(20)18(3)16(2,13(19)17-15)12-7-5-4-6-8-12/h4-8,11H,9-10H2,1-3H3,(H,17,19). The molecule has 4 nitrogen and oxygen atoms in total. The monoisotopic (exact) mass is 272 g/mol. The number of nitrogens with zero attached hydrogens (tertiary/aromatic N) is 1. The Bertz CT molecular complexity index is 567. The number of nitrogens with one attached hydrogen (secondary N) is 1. The molecule has 1 aliphatic carbocycles. The van der Waals surface area contributed by atoms with Crippen LogP contribution in [-0.2, 0) is 15.1 Å². The maximum absolute atomic E-state index is 12.8. The number of likely N-dealkylation sites (N-methyl/N-ethyl adjacent to an activating group) is 1. The maximum Gasteiger partial charge on any atom is 0.251 e. The van der Waals surface area contributed by atoms with Gasteiger partial charge in [0.1, 0.15) is 11.1 Å². The van der Waals surface area contributed by atoms with Crippen LogP contribution in [0.15, 0.2) is 30.3 Å². The molecule has 1 heterocycles. The lowest BCUT2D eigenvalue weighted by atomic mass is 9.81. The summed E-state index contributed by atoms with van der Waals surface area (Å²) in [5.74, 6) is 0.188. The van der Waals surface area contributed by atoms with Crippen LogP contribution in [-0.4, -0.2) is 29.3 Å². The summed E-state index contributed by atoms with van der Waals surface area (Å²) in [5, 5.41) is 2.99. The summed E-state index contributed by atoms with van der Waals surface area (Å²) < 4.78 is 0. The molecule has 106 valence electrons. The Balaban J connectivity index is 2.03. The molecule has 1 aromatic carbocycles. The first-order valence-electron chi connectivity index (χ1n) is 7.07. The van der Waals surface area contributed by atoms with Crippen molar-refractivity contribution in [2.75, 3.05) is 7.05 Å². The highest BCUT2D eigenvalue weighted by Crippen LogP contribution is 2.44. The number of rotatable bonds is 2. The Labute approximate surface area is 119 Å². The minimum Gasteiger partial charge on any atom is -0.339 e. The van der Waals surface area contributed by atoms with Gasteiger partial charge in [0, 0.05) is 7.05 Å². The number of hydrogen-bond acceptors (Lipinski definition) is 2. The predicted octanol–water partition coefficient (Wildman–Crippen LogP) is 1.66. The fourth-order valence-electron chi connectivity index (χ4n) is 3.14. The van der Waals surface area contributed by atoms with Crippen molar-refractivity contribution in [3.63, 3.8) is 0 Å². The first kappa shape index (κ1) is 13.2. The van der Waals surface area contributed by atoms with Crippen LogP contribution in [0.4, 0.5) is 0 Å². The lowest BCUT2D eigenvalue weighted by Gasteiger charge is -2.49. The Kier molecular flexibility index (Phi) is 2.68. The van der Waals surface area contributed by atoms with Gasteiger partial charge in [-0.15, -0.1) is 0 Å². The smallest absolute Gasteiger partial charge is 0.251 e. The predicted molar refractivity (Wildman–Crippen MR) is 75.8 cm³/mol. The molecular formula is C16H20N2O2. The highest BCUT2D eigenvalue weighted by atomic mass is 16.2. The highest BCUT2D eigenvalue weighted by Gasteiger charge is 2.58. The zero-order valence-corrected chi connectivity index (χ0v) is 12.1. The fraction of sp³-hybridized carbons (Fsp3) is 0.500. The fourth-order valence-corrected chi connectivity index (χ4v) is 3.14. The van der Waals surface area contributed by atoms with E-state index < -0.39 is 11.1 Å². The second kappa shape index (κ2) is 4.08. The summed E-state index contributed by atoms with van der Waals surface area (Å²) in [5.41, 5.74) is -0.835. The van der Waals surface area contributed by atoms with E-state index in [1.807, 2.05) is 44.2 Å². The average Bonchev–Trinajstić information content (AvgIpc) is 3.29. The van der Waals surface area contributed by atoms with E-state index >= 15 is 0 Å². The number of carbonyl (C=O) groups is 2. The van der Waals surface area contributed by atoms with E-state index in [1.165, 1.54) is 0 Å². The maximum atomic E-state index is 12.8. The van der Waals surface area contributed by atoms with Crippen LogP contribution < -0.4 is 5.32 Å². The molecule has 2 atom stereocenters. The van der Waals surface area contributed by atoms with Gasteiger partial charge in [-0.3, -0.25) is 9.59 Å². The molecule has 0 aromatic heterocycles. The molecule has 2 unspecified atom stereocenters. The zero-order chi connectivity index (χ0) is 14.5. The minimum absolute atomic E-state index is 0.00551. The molecule has 0 radical (unpaired) electrons. The lowest BCUT2D eigenvalue weighted by Crippen LogP contribution is -2.72. The van der Waals surface area contributed by atoms with Gasteiger partial charge >= 0.3 is 0 Å². The van der Waals surface area contributed by atoms with Crippen LogP contribution in [0, 0.1) is 5.92 Å². The molecule has 1 aromatic rings. The van der Waals surface area contributed by atoms with Gasteiger partial charge in [-0.25, -0.2) is 0 Å². The van der Waals surface area contributed by atoms with E-state index in [2.05, 4.69) is 5.32 Å². The average molecular weight is 272 g/mol. The quantitative estimate of drug-likeness (QED) is 0.890. The summed E-state index contributed by atoms with van der Waals surface area (Å²) >= 11 is 0. The van der Waals surface area contributed by atoms with Gasteiger partial charge in [0.25, 0.3) is 5.91 Å². The lowest BCUT2D eigenvalue weighted by molar-refractivity contribution is -0.161. The van der Waals surface area contributed by atoms with Crippen molar-refractivity contribution in [2.45, 2.75) is 37.8 Å². The first-order valence-corrected chi connectivity index (χ1v) is 7.07. The van der Waals surface area contributed by atoms with Crippen molar-refractivity contribution in [3.8, 4) is 0 Å². The molecule has 1 aliphatic heterocycles. The Hall–Kier alpha value is -1.84. The molecule has 0 bridgehead atoms. The normalized spacial score (nSPS) is 34.0. The van der Waals surface area contributed by atoms with Gasteiger partial charge in [-0.2, -0.15) is 0 Å². The highest BCUT2D eigenvalue weighted by molar-refractivity contribution is 6.02. The van der Waals surface area contributed by atoms with Crippen molar-refractivity contribution in [2.24, 2.45) is 5.92 Å².